The van der Waals surface area contributed by atoms with E-state index in [2.05, 4.69) is 11.4 Å². The molecule has 3 nitrogen and oxygen atoms in total. The van der Waals surface area contributed by atoms with E-state index < -0.39 is 5.54 Å². The fourth-order valence-corrected chi connectivity index (χ4v) is 2.51. The Hall–Kier alpha value is -1.06. The first-order valence-electron chi connectivity index (χ1n) is 6.37. The molecular formula is C14H17ClN2O. The van der Waals surface area contributed by atoms with E-state index in [9.17, 15) is 4.79 Å². The third-order valence-corrected chi connectivity index (χ3v) is 4.35. The standard InChI is InChI=1S/C14H17ClN2O/c15-11-3-1-2-10(8-11)13(4-5-13)9-17-12(18)14(16)6-7-14/h1-3,8H,4-7,9,16H2,(H,17,18). The van der Waals surface area contributed by atoms with E-state index in [0.717, 1.165) is 30.7 Å². The number of nitrogens with two attached hydrogens (primary N) is 1. The van der Waals surface area contributed by atoms with Gasteiger partial charge in [-0.15, -0.1) is 0 Å². The summed E-state index contributed by atoms with van der Waals surface area (Å²) < 4.78 is 0. The number of nitrogens with one attached hydrogen (secondary N) is 1. The van der Waals surface area contributed by atoms with E-state index in [1.807, 2.05) is 18.2 Å². The normalized spacial score (nSPS) is 22.3. The highest BCUT2D eigenvalue weighted by molar-refractivity contribution is 6.30. The van der Waals surface area contributed by atoms with E-state index in [4.69, 9.17) is 17.3 Å². The molecule has 0 aromatic heterocycles. The predicted octanol–water partition coefficient (Wildman–Crippen LogP) is 1.98. The molecule has 4 heteroatoms. The summed E-state index contributed by atoms with van der Waals surface area (Å²) in [7, 11) is 0. The lowest BCUT2D eigenvalue weighted by molar-refractivity contribution is -0.123. The van der Waals surface area contributed by atoms with E-state index in [-0.39, 0.29) is 11.3 Å². The van der Waals surface area contributed by atoms with Gasteiger partial charge in [-0.3, -0.25) is 4.79 Å². The van der Waals surface area contributed by atoms with Crippen molar-refractivity contribution in [2.24, 2.45) is 5.73 Å². The van der Waals surface area contributed by atoms with Gasteiger partial charge in [0, 0.05) is 17.0 Å². The average Bonchev–Trinajstić information content (AvgIpc) is 3.24. The van der Waals surface area contributed by atoms with Gasteiger partial charge in [0.25, 0.3) is 0 Å². The van der Waals surface area contributed by atoms with Gasteiger partial charge in [-0.1, -0.05) is 23.7 Å². The minimum atomic E-state index is -0.579. The Morgan fingerprint density at radius 2 is 2.06 bits per heavy atom. The van der Waals surface area contributed by atoms with Gasteiger partial charge < -0.3 is 11.1 Å². The van der Waals surface area contributed by atoms with Crippen molar-refractivity contribution in [2.75, 3.05) is 6.54 Å². The summed E-state index contributed by atoms with van der Waals surface area (Å²) in [4.78, 5) is 11.8. The zero-order valence-electron chi connectivity index (χ0n) is 10.2. The number of benzene rings is 1. The first-order valence-corrected chi connectivity index (χ1v) is 6.75. The smallest absolute Gasteiger partial charge is 0.240 e. The first kappa shape index (κ1) is 12.0. The molecule has 2 aliphatic rings. The second-order valence-electron chi connectivity index (χ2n) is 5.63. The molecule has 0 atom stereocenters. The van der Waals surface area contributed by atoms with Crippen LogP contribution in [-0.4, -0.2) is 18.0 Å². The molecule has 0 aliphatic heterocycles. The fourth-order valence-electron chi connectivity index (χ4n) is 2.32. The molecule has 0 unspecified atom stereocenters. The molecule has 2 fully saturated rings. The van der Waals surface area contributed by atoms with Gasteiger partial charge in [0.05, 0.1) is 5.54 Å². The molecule has 0 saturated heterocycles. The van der Waals surface area contributed by atoms with Crippen LogP contribution in [0.25, 0.3) is 0 Å². The average molecular weight is 265 g/mol. The van der Waals surface area contributed by atoms with Crippen LogP contribution >= 0.6 is 11.6 Å². The molecule has 3 N–H and O–H groups in total. The minimum Gasteiger partial charge on any atom is -0.354 e. The Morgan fingerprint density at radius 3 is 2.61 bits per heavy atom. The number of halogens is 1. The maximum absolute atomic E-state index is 11.8. The highest BCUT2D eigenvalue weighted by atomic mass is 35.5. The van der Waals surface area contributed by atoms with Gasteiger partial charge in [-0.2, -0.15) is 0 Å². The van der Waals surface area contributed by atoms with Gasteiger partial charge in [0.2, 0.25) is 5.91 Å². The number of hydrogen-bond acceptors (Lipinski definition) is 2. The second-order valence-corrected chi connectivity index (χ2v) is 6.07. The predicted molar refractivity (Wildman–Crippen MR) is 71.5 cm³/mol. The number of carbonyl (C=O) groups is 1. The number of carbonyl (C=O) groups excluding carboxylic acids is 1. The molecule has 1 aromatic carbocycles. The van der Waals surface area contributed by atoms with Crippen LogP contribution in [0.3, 0.4) is 0 Å². The van der Waals surface area contributed by atoms with Crippen molar-refractivity contribution in [3.05, 3.63) is 34.9 Å². The Balaban J connectivity index is 1.67. The van der Waals surface area contributed by atoms with Gasteiger partial charge in [-0.05, 0) is 43.4 Å². The first-order chi connectivity index (χ1) is 8.54. The van der Waals surface area contributed by atoms with Crippen molar-refractivity contribution in [1.29, 1.82) is 0 Å². The molecular weight excluding hydrogens is 248 g/mol. The van der Waals surface area contributed by atoms with Gasteiger partial charge in [0.15, 0.2) is 0 Å². The van der Waals surface area contributed by atoms with Crippen molar-refractivity contribution in [3.8, 4) is 0 Å². The molecule has 2 aliphatic carbocycles. The minimum absolute atomic E-state index is 0.00389. The van der Waals surface area contributed by atoms with E-state index in [0.29, 0.717) is 6.54 Å². The number of rotatable bonds is 4. The van der Waals surface area contributed by atoms with Crippen LogP contribution in [0.5, 0.6) is 0 Å². The van der Waals surface area contributed by atoms with Crippen molar-refractivity contribution in [2.45, 2.75) is 36.6 Å². The molecule has 1 amide bonds. The third-order valence-electron chi connectivity index (χ3n) is 4.12. The van der Waals surface area contributed by atoms with Gasteiger partial charge in [-0.25, -0.2) is 0 Å². The molecule has 0 bridgehead atoms. The van der Waals surface area contributed by atoms with E-state index >= 15 is 0 Å². The molecule has 96 valence electrons. The lowest BCUT2D eigenvalue weighted by Gasteiger charge is -2.18. The molecule has 3 rings (SSSR count). The molecule has 0 radical (unpaired) electrons. The molecule has 18 heavy (non-hydrogen) atoms. The highest BCUT2D eigenvalue weighted by Crippen LogP contribution is 2.48. The Kier molecular flexibility index (Phi) is 2.65. The van der Waals surface area contributed by atoms with E-state index in [1.165, 1.54) is 5.56 Å². The zero-order chi connectivity index (χ0) is 12.8. The summed E-state index contributed by atoms with van der Waals surface area (Å²) in [5, 5.41) is 3.75. The highest BCUT2D eigenvalue weighted by Gasteiger charge is 2.49. The quantitative estimate of drug-likeness (QED) is 0.874. The lowest BCUT2D eigenvalue weighted by atomic mass is 9.96. The van der Waals surface area contributed by atoms with Crippen LogP contribution in [0, 0.1) is 0 Å². The Morgan fingerprint density at radius 1 is 1.33 bits per heavy atom. The summed E-state index contributed by atoms with van der Waals surface area (Å²) in [6.45, 7) is 0.672. The zero-order valence-corrected chi connectivity index (χ0v) is 11.0. The summed E-state index contributed by atoms with van der Waals surface area (Å²) in [6.07, 6.45) is 3.82. The summed E-state index contributed by atoms with van der Waals surface area (Å²) in [6, 6.07) is 7.92. The monoisotopic (exact) mass is 264 g/mol. The van der Waals surface area contributed by atoms with Gasteiger partial charge in [0.1, 0.15) is 0 Å². The summed E-state index contributed by atoms with van der Waals surface area (Å²) >= 11 is 6.02. The Bertz CT molecular complexity index is 492. The molecule has 2 saturated carbocycles. The lowest BCUT2D eigenvalue weighted by Crippen LogP contribution is -2.45. The number of amides is 1. The van der Waals surface area contributed by atoms with Crippen molar-refractivity contribution < 1.29 is 4.79 Å². The van der Waals surface area contributed by atoms with Crippen LogP contribution in [0.1, 0.15) is 31.2 Å². The third kappa shape index (κ3) is 2.13. The molecule has 0 heterocycles. The van der Waals surface area contributed by atoms with Crippen LogP contribution in [0.2, 0.25) is 5.02 Å². The topological polar surface area (TPSA) is 55.1 Å². The van der Waals surface area contributed by atoms with Gasteiger partial charge >= 0.3 is 0 Å². The maximum Gasteiger partial charge on any atom is 0.240 e. The van der Waals surface area contributed by atoms with Crippen LogP contribution in [-0.2, 0) is 10.2 Å². The molecule has 0 spiro atoms. The fraction of sp³-hybridized carbons (Fsp3) is 0.500. The maximum atomic E-state index is 11.8. The second kappa shape index (κ2) is 3.97. The largest absolute Gasteiger partial charge is 0.354 e. The van der Waals surface area contributed by atoms with Crippen LogP contribution < -0.4 is 11.1 Å². The summed E-state index contributed by atoms with van der Waals surface area (Å²) in [5.41, 5.74) is 6.60. The molecule has 1 aromatic rings. The van der Waals surface area contributed by atoms with Crippen molar-refractivity contribution in [1.82, 2.24) is 5.32 Å². The number of hydrogen-bond donors (Lipinski definition) is 2. The van der Waals surface area contributed by atoms with E-state index in [1.54, 1.807) is 0 Å². The van der Waals surface area contributed by atoms with Crippen molar-refractivity contribution >= 4 is 17.5 Å². The van der Waals surface area contributed by atoms with Crippen LogP contribution in [0.15, 0.2) is 24.3 Å². The Labute approximate surface area is 112 Å². The SMILES string of the molecule is NC1(C(=O)NCC2(c3cccc(Cl)c3)CC2)CC1. The summed E-state index contributed by atoms with van der Waals surface area (Å²) in [5.74, 6) is -0.00389. The van der Waals surface area contributed by atoms with Crippen LogP contribution in [0.4, 0.5) is 0 Å². The van der Waals surface area contributed by atoms with Crippen molar-refractivity contribution in [3.63, 3.8) is 0 Å².